The van der Waals surface area contributed by atoms with Crippen LogP contribution in [0, 0.1) is 29.1 Å². The van der Waals surface area contributed by atoms with Crippen molar-refractivity contribution in [1.29, 1.82) is 5.26 Å². The molecule has 0 fully saturated rings. The van der Waals surface area contributed by atoms with Gasteiger partial charge in [0.1, 0.15) is 0 Å². The minimum Gasteiger partial charge on any atom is -0.342 e. The molecule has 0 spiro atoms. The molecule has 0 aliphatic carbocycles. The molecule has 1 amide bonds. The summed E-state index contributed by atoms with van der Waals surface area (Å²) in [4.78, 5) is 13.9. The van der Waals surface area contributed by atoms with Crippen molar-refractivity contribution in [3.05, 3.63) is 0 Å². The molecule has 0 aromatic heterocycles. The third-order valence-electron chi connectivity index (χ3n) is 3.66. The van der Waals surface area contributed by atoms with E-state index in [1.165, 1.54) is 0 Å². The second kappa shape index (κ2) is 9.80. The second-order valence-electron chi connectivity index (χ2n) is 5.58. The van der Waals surface area contributed by atoms with E-state index < -0.39 is 0 Å². The molecular formula is C15H29N3O. The largest absolute Gasteiger partial charge is 0.342 e. The SMILES string of the molecule is CCN(CC(C)C#N)C(=O)CCC(CCN)C(C)C. The summed E-state index contributed by atoms with van der Waals surface area (Å²) in [5, 5.41) is 8.82. The Bertz CT molecular complexity index is 296. The van der Waals surface area contributed by atoms with Gasteiger partial charge < -0.3 is 10.6 Å². The Morgan fingerprint density at radius 2 is 1.95 bits per heavy atom. The van der Waals surface area contributed by atoms with Crippen LogP contribution in [0.1, 0.15) is 47.0 Å². The molecule has 2 unspecified atom stereocenters. The first-order chi connectivity index (χ1) is 8.96. The van der Waals surface area contributed by atoms with Crippen molar-refractivity contribution in [2.45, 2.75) is 47.0 Å². The summed E-state index contributed by atoms with van der Waals surface area (Å²) >= 11 is 0. The molecule has 4 heteroatoms. The van der Waals surface area contributed by atoms with E-state index in [2.05, 4.69) is 19.9 Å². The fraction of sp³-hybridized carbons (Fsp3) is 0.867. The van der Waals surface area contributed by atoms with E-state index in [0.29, 0.717) is 37.9 Å². The van der Waals surface area contributed by atoms with E-state index >= 15 is 0 Å². The summed E-state index contributed by atoms with van der Waals surface area (Å²) in [7, 11) is 0. The molecule has 0 aliphatic heterocycles. The number of hydrogen-bond donors (Lipinski definition) is 1. The van der Waals surface area contributed by atoms with Gasteiger partial charge in [-0.05, 0) is 45.1 Å². The molecule has 0 rings (SSSR count). The highest BCUT2D eigenvalue weighted by Crippen LogP contribution is 2.21. The number of hydrogen-bond acceptors (Lipinski definition) is 3. The average Bonchev–Trinajstić information content (AvgIpc) is 2.39. The number of nitrogens with zero attached hydrogens (tertiary/aromatic N) is 2. The Kier molecular flexibility index (Phi) is 9.24. The van der Waals surface area contributed by atoms with Crippen LogP contribution in [0.5, 0.6) is 0 Å². The molecule has 0 saturated carbocycles. The van der Waals surface area contributed by atoms with Crippen LogP contribution in [-0.4, -0.2) is 30.4 Å². The van der Waals surface area contributed by atoms with Crippen molar-refractivity contribution in [1.82, 2.24) is 4.90 Å². The molecule has 0 aliphatic rings. The van der Waals surface area contributed by atoms with E-state index in [4.69, 9.17) is 11.0 Å². The number of nitriles is 1. The predicted molar refractivity (Wildman–Crippen MR) is 78.3 cm³/mol. The van der Waals surface area contributed by atoms with Gasteiger partial charge in [0.05, 0.1) is 12.0 Å². The van der Waals surface area contributed by atoms with Crippen LogP contribution in [0.15, 0.2) is 0 Å². The van der Waals surface area contributed by atoms with Crippen LogP contribution in [0.4, 0.5) is 0 Å². The Balaban J connectivity index is 4.29. The zero-order valence-electron chi connectivity index (χ0n) is 12.9. The van der Waals surface area contributed by atoms with Gasteiger partial charge in [0.2, 0.25) is 5.91 Å². The highest BCUT2D eigenvalue weighted by atomic mass is 16.2. The molecule has 0 saturated heterocycles. The third kappa shape index (κ3) is 7.17. The van der Waals surface area contributed by atoms with Gasteiger partial charge in [0.25, 0.3) is 0 Å². The van der Waals surface area contributed by atoms with Crippen LogP contribution in [0.25, 0.3) is 0 Å². The molecule has 0 aromatic carbocycles. The number of carbonyl (C=O) groups excluding carboxylic acids is 1. The van der Waals surface area contributed by atoms with Gasteiger partial charge >= 0.3 is 0 Å². The normalized spacial score (nSPS) is 13.9. The van der Waals surface area contributed by atoms with Crippen LogP contribution < -0.4 is 5.73 Å². The summed E-state index contributed by atoms with van der Waals surface area (Å²) in [5.74, 6) is 1.13. The first-order valence-electron chi connectivity index (χ1n) is 7.33. The summed E-state index contributed by atoms with van der Waals surface area (Å²) in [5.41, 5.74) is 5.61. The highest BCUT2D eigenvalue weighted by Gasteiger charge is 2.18. The lowest BCUT2D eigenvalue weighted by Crippen LogP contribution is -2.34. The van der Waals surface area contributed by atoms with E-state index in [-0.39, 0.29) is 11.8 Å². The second-order valence-corrected chi connectivity index (χ2v) is 5.58. The maximum absolute atomic E-state index is 12.1. The molecule has 19 heavy (non-hydrogen) atoms. The molecule has 2 N–H and O–H groups in total. The molecule has 0 aromatic rings. The minimum atomic E-state index is -0.103. The Hall–Kier alpha value is -1.08. The van der Waals surface area contributed by atoms with Crippen molar-refractivity contribution >= 4 is 5.91 Å². The first kappa shape index (κ1) is 17.9. The number of carbonyl (C=O) groups is 1. The fourth-order valence-electron chi connectivity index (χ4n) is 2.27. The Morgan fingerprint density at radius 1 is 1.32 bits per heavy atom. The van der Waals surface area contributed by atoms with Gasteiger partial charge in [-0.3, -0.25) is 4.79 Å². The Morgan fingerprint density at radius 3 is 2.37 bits per heavy atom. The van der Waals surface area contributed by atoms with Crippen molar-refractivity contribution in [2.24, 2.45) is 23.5 Å². The van der Waals surface area contributed by atoms with Gasteiger partial charge in [-0.15, -0.1) is 0 Å². The molecule has 0 radical (unpaired) electrons. The molecule has 0 bridgehead atoms. The van der Waals surface area contributed by atoms with Crippen molar-refractivity contribution in [2.75, 3.05) is 19.6 Å². The van der Waals surface area contributed by atoms with Crippen molar-refractivity contribution < 1.29 is 4.79 Å². The average molecular weight is 267 g/mol. The lowest BCUT2D eigenvalue weighted by Gasteiger charge is -2.24. The van der Waals surface area contributed by atoms with Crippen molar-refractivity contribution in [3.8, 4) is 6.07 Å². The standard InChI is InChI=1S/C15H29N3O/c1-5-18(11-13(4)10-17)15(19)7-6-14(8-9-16)12(2)3/h12-14H,5-9,11,16H2,1-4H3. The number of amides is 1. The number of nitrogens with two attached hydrogens (primary N) is 1. The van der Waals surface area contributed by atoms with E-state index in [1.807, 2.05) is 13.8 Å². The minimum absolute atomic E-state index is 0.103. The monoisotopic (exact) mass is 267 g/mol. The topological polar surface area (TPSA) is 70.1 Å². The molecule has 4 nitrogen and oxygen atoms in total. The molecular weight excluding hydrogens is 238 g/mol. The summed E-state index contributed by atoms with van der Waals surface area (Å²) in [6.07, 6.45) is 2.44. The summed E-state index contributed by atoms with van der Waals surface area (Å²) in [6, 6.07) is 2.18. The quantitative estimate of drug-likeness (QED) is 0.697. The molecule has 0 heterocycles. The van der Waals surface area contributed by atoms with Gasteiger partial charge in [0, 0.05) is 19.5 Å². The van der Waals surface area contributed by atoms with Crippen molar-refractivity contribution in [3.63, 3.8) is 0 Å². The highest BCUT2D eigenvalue weighted by molar-refractivity contribution is 5.76. The van der Waals surface area contributed by atoms with E-state index in [1.54, 1.807) is 4.90 Å². The maximum atomic E-state index is 12.1. The van der Waals surface area contributed by atoms with Gasteiger partial charge in [-0.1, -0.05) is 13.8 Å². The first-order valence-corrected chi connectivity index (χ1v) is 7.33. The maximum Gasteiger partial charge on any atom is 0.222 e. The third-order valence-corrected chi connectivity index (χ3v) is 3.66. The van der Waals surface area contributed by atoms with Gasteiger partial charge in [0.15, 0.2) is 0 Å². The summed E-state index contributed by atoms with van der Waals surface area (Å²) in [6.45, 7) is 10.1. The predicted octanol–water partition coefficient (Wildman–Crippen LogP) is 2.40. The fourth-order valence-corrected chi connectivity index (χ4v) is 2.27. The zero-order valence-corrected chi connectivity index (χ0v) is 12.9. The molecule has 2 atom stereocenters. The summed E-state index contributed by atoms with van der Waals surface area (Å²) < 4.78 is 0. The zero-order chi connectivity index (χ0) is 14.8. The van der Waals surface area contributed by atoms with Crippen LogP contribution >= 0.6 is 0 Å². The van der Waals surface area contributed by atoms with Crippen LogP contribution in [0.2, 0.25) is 0 Å². The van der Waals surface area contributed by atoms with Gasteiger partial charge in [-0.2, -0.15) is 5.26 Å². The van der Waals surface area contributed by atoms with E-state index in [0.717, 1.165) is 12.8 Å². The Labute approximate surface area is 118 Å². The smallest absolute Gasteiger partial charge is 0.222 e. The lowest BCUT2D eigenvalue weighted by atomic mass is 9.88. The van der Waals surface area contributed by atoms with Crippen LogP contribution in [0.3, 0.4) is 0 Å². The number of rotatable bonds is 9. The lowest BCUT2D eigenvalue weighted by molar-refractivity contribution is -0.131. The molecule has 110 valence electrons. The van der Waals surface area contributed by atoms with E-state index in [9.17, 15) is 4.79 Å². The van der Waals surface area contributed by atoms with Gasteiger partial charge in [-0.25, -0.2) is 0 Å². The van der Waals surface area contributed by atoms with Crippen LogP contribution in [-0.2, 0) is 4.79 Å².